The molecule has 0 aliphatic rings. The van der Waals surface area contributed by atoms with Gasteiger partial charge < -0.3 is 19.7 Å². The summed E-state index contributed by atoms with van der Waals surface area (Å²) in [5.41, 5.74) is 1.93. The van der Waals surface area contributed by atoms with Gasteiger partial charge in [0.25, 0.3) is 0 Å². The van der Waals surface area contributed by atoms with Gasteiger partial charge in [0.15, 0.2) is 19.7 Å². The van der Waals surface area contributed by atoms with Crippen molar-refractivity contribution in [3.63, 3.8) is 0 Å². The van der Waals surface area contributed by atoms with E-state index in [1.54, 1.807) is 36.4 Å². The number of rotatable bonds is 11. The Hall–Kier alpha value is -4.02. The van der Waals surface area contributed by atoms with Crippen LogP contribution in [0.1, 0.15) is 16.7 Å². The second kappa shape index (κ2) is 11.8. The van der Waals surface area contributed by atoms with Crippen LogP contribution in [0.15, 0.2) is 101 Å². The largest absolute Gasteiger partial charge is 0.508 e. The molecule has 4 rings (SSSR count). The Labute approximate surface area is 227 Å². The number of hydrogen-bond acceptors (Lipinski definition) is 8. The van der Waals surface area contributed by atoms with Crippen molar-refractivity contribution in [2.45, 2.75) is 28.2 Å². The predicted octanol–water partition coefficient (Wildman–Crippen LogP) is 4.81. The average Bonchev–Trinajstić information content (AvgIpc) is 2.88. The molecule has 0 aliphatic heterocycles. The van der Waals surface area contributed by atoms with Crippen LogP contribution in [0.5, 0.6) is 23.0 Å². The maximum atomic E-state index is 12.9. The Balaban J connectivity index is 1.37. The van der Waals surface area contributed by atoms with Gasteiger partial charge in [-0.1, -0.05) is 29.8 Å². The lowest BCUT2D eigenvalue weighted by Crippen LogP contribution is -2.12. The number of benzene rings is 4. The first-order valence-electron chi connectivity index (χ1n) is 12.0. The van der Waals surface area contributed by atoms with Crippen molar-refractivity contribution in [1.82, 2.24) is 0 Å². The van der Waals surface area contributed by atoms with Gasteiger partial charge >= 0.3 is 0 Å². The van der Waals surface area contributed by atoms with Gasteiger partial charge in [-0.05, 0) is 79.2 Å². The van der Waals surface area contributed by atoms with Crippen LogP contribution in [0, 0.1) is 6.92 Å². The zero-order chi connectivity index (χ0) is 28.0. The van der Waals surface area contributed by atoms with Crippen LogP contribution in [-0.2, 0) is 31.2 Å². The number of phenolic OH excluding ortho intramolecular Hbond substituents is 2. The van der Waals surface area contributed by atoms with Crippen molar-refractivity contribution >= 4 is 19.7 Å². The first-order valence-corrected chi connectivity index (χ1v) is 15.3. The van der Waals surface area contributed by atoms with Crippen molar-refractivity contribution < 1.29 is 36.5 Å². The van der Waals surface area contributed by atoms with Crippen molar-refractivity contribution in [3.05, 3.63) is 108 Å². The SMILES string of the molecule is Cc1ccc(OCCOc2cccc(CS(=O)(=O)c3ccc(O)cc3)c2)c(CS(=O)(=O)c2ccc(O)cc2)c1. The molecule has 0 aliphatic carbocycles. The topological polar surface area (TPSA) is 127 Å². The maximum Gasteiger partial charge on any atom is 0.182 e. The van der Waals surface area contributed by atoms with Gasteiger partial charge in [0, 0.05) is 5.56 Å². The van der Waals surface area contributed by atoms with Gasteiger partial charge in [-0.2, -0.15) is 0 Å². The van der Waals surface area contributed by atoms with E-state index in [4.69, 9.17) is 9.47 Å². The Morgan fingerprint density at radius 1 is 0.641 bits per heavy atom. The van der Waals surface area contributed by atoms with Gasteiger partial charge in [-0.25, -0.2) is 16.8 Å². The van der Waals surface area contributed by atoms with Crippen LogP contribution in [0.25, 0.3) is 0 Å². The maximum absolute atomic E-state index is 12.9. The fraction of sp³-hybridized carbons (Fsp3) is 0.172. The van der Waals surface area contributed by atoms with E-state index in [0.717, 1.165) is 5.56 Å². The third kappa shape index (κ3) is 7.52. The fourth-order valence-corrected chi connectivity index (χ4v) is 6.58. The summed E-state index contributed by atoms with van der Waals surface area (Å²) in [7, 11) is -7.28. The van der Waals surface area contributed by atoms with E-state index in [1.807, 2.05) is 13.0 Å². The molecule has 0 unspecified atom stereocenters. The lowest BCUT2D eigenvalue weighted by atomic mass is 10.1. The van der Waals surface area contributed by atoms with Gasteiger partial charge in [0.2, 0.25) is 0 Å². The summed E-state index contributed by atoms with van der Waals surface area (Å²) < 4.78 is 62.8. The summed E-state index contributed by atoms with van der Waals surface area (Å²) in [5.74, 6) is 0.360. The lowest BCUT2D eigenvalue weighted by molar-refractivity contribution is 0.216. The van der Waals surface area contributed by atoms with Crippen molar-refractivity contribution in [1.29, 1.82) is 0 Å². The van der Waals surface area contributed by atoms with E-state index >= 15 is 0 Å². The molecule has 0 heterocycles. The molecule has 0 atom stereocenters. The fourth-order valence-electron chi connectivity index (χ4n) is 3.90. The number of ether oxygens (including phenoxy) is 2. The molecule has 0 saturated carbocycles. The third-order valence-corrected chi connectivity index (χ3v) is 9.20. The van der Waals surface area contributed by atoms with Crippen LogP contribution in [0.3, 0.4) is 0 Å². The normalized spacial score (nSPS) is 11.7. The first kappa shape index (κ1) is 28.0. The average molecular weight is 569 g/mol. The molecule has 0 radical (unpaired) electrons. The minimum Gasteiger partial charge on any atom is -0.508 e. The molecule has 0 saturated heterocycles. The Kier molecular flexibility index (Phi) is 8.47. The van der Waals surface area contributed by atoms with E-state index in [2.05, 4.69) is 0 Å². The molecule has 0 amide bonds. The number of hydrogen-bond donors (Lipinski definition) is 2. The molecule has 0 spiro atoms. The Morgan fingerprint density at radius 2 is 1.21 bits per heavy atom. The number of phenols is 2. The van der Waals surface area contributed by atoms with E-state index in [-0.39, 0.29) is 46.0 Å². The van der Waals surface area contributed by atoms with Crippen molar-refractivity contribution in [2.24, 2.45) is 0 Å². The summed E-state index contributed by atoms with van der Waals surface area (Å²) in [5, 5.41) is 18.9. The van der Waals surface area contributed by atoms with Crippen LogP contribution >= 0.6 is 0 Å². The number of aryl methyl sites for hydroxylation is 1. The molecular weight excluding hydrogens is 540 g/mol. The minimum atomic E-state index is -3.67. The molecule has 0 fully saturated rings. The molecule has 0 aromatic heterocycles. The molecule has 4 aromatic rings. The highest BCUT2D eigenvalue weighted by Gasteiger charge is 2.19. The molecule has 204 valence electrons. The molecule has 4 aromatic carbocycles. The van der Waals surface area contributed by atoms with Gasteiger partial charge in [-0.3, -0.25) is 0 Å². The molecule has 2 N–H and O–H groups in total. The summed E-state index contributed by atoms with van der Waals surface area (Å²) in [6.07, 6.45) is 0. The van der Waals surface area contributed by atoms with Gasteiger partial charge in [0.1, 0.15) is 36.2 Å². The van der Waals surface area contributed by atoms with E-state index < -0.39 is 19.7 Å². The van der Waals surface area contributed by atoms with Crippen LogP contribution in [-0.4, -0.2) is 40.3 Å². The predicted molar refractivity (Wildman–Crippen MR) is 147 cm³/mol. The van der Waals surface area contributed by atoms with Gasteiger partial charge in [-0.15, -0.1) is 0 Å². The monoisotopic (exact) mass is 568 g/mol. The number of aromatic hydroxyl groups is 2. The second-order valence-corrected chi connectivity index (χ2v) is 12.9. The van der Waals surface area contributed by atoms with Crippen LogP contribution in [0.2, 0.25) is 0 Å². The highest BCUT2D eigenvalue weighted by Crippen LogP contribution is 2.27. The summed E-state index contributed by atoms with van der Waals surface area (Å²) in [4.78, 5) is 0.213. The summed E-state index contributed by atoms with van der Waals surface area (Å²) >= 11 is 0. The first-order chi connectivity index (χ1) is 18.5. The summed E-state index contributed by atoms with van der Waals surface area (Å²) in [6.45, 7) is 2.13. The van der Waals surface area contributed by atoms with Crippen LogP contribution in [0.4, 0.5) is 0 Å². The van der Waals surface area contributed by atoms with E-state index in [0.29, 0.717) is 22.6 Å². The van der Waals surface area contributed by atoms with E-state index in [9.17, 15) is 27.0 Å². The quantitative estimate of drug-likeness (QED) is 0.247. The Bertz CT molecular complexity index is 1640. The molecule has 39 heavy (non-hydrogen) atoms. The smallest absolute Gasteiger partial charge is 0.182 e. The number of sulfone groups is 2. The van der Waals surface area contributed by atoms with Crippen molar-refractivity contribution in [3.8, 4) is 23.0 Å². The molecule has 8 nitrogen and oxygen atoms in total. The highest BCUT2D eigenvalue weighted by molar-refractivity contribution is 7.91. The highest BCUT2D eigenvalue weighted by atomic mass is 32.2. The van der Waals surface area contributed by atoms with Crippen LogP contribution < -0.4 is 9.47 Å². The van der Waals surface area contributed by atoms with Gasteiger partial charge in [0.05, 0.1) is 21.3 Å². The molecule has 0 bridgehead atoms. The van der Waals surface area contributed by atoms with E-state index in [1.165, 1.54) is 48.5 Å². The molecular formula is C29H28O8S2. The Morgan fingerprint density at radius 3 is 1.82 bits per heavy atom. The lowest BCUT2D eigenvalue weighted by Gasteiger charge is -2.14. The zero-order valence-electron chi connectivity index (χ0n) is 21.1. The second-order valence-electron chi connectivity index (χ2n) is 8.96. The third-order valence-electron chi connectivity index (χ3n) is 5.82. The van der Waals surface area contributed by atoms with Crippen molar-refractivity contribution in [2.75, 3.05) is 13.2 Å². The minimum absolute atomic E-state index is 0.0108. The standard InChI is InChI=1S/C29H28O8S2/c1-21-5-14-29(23(17-21)20-39(34,35)28-12-8-25(31)9-13-28)37-16-15-36-26-4-2-3-22(18-26)19-38(32,33)27-10-6-24(30)7-11-27/h2-14,17-18,30-31H,15-16,19-20H2,1H3. The zero-order valence-corrected chi connectivity index (χ0v) is 22.8. The molecule has 10 heteroatoms. The summed E-state index contributed by atoms with van der Waals surface area (Å²) in [6, 6.07) is 22.8.